The number of amides is 2. The van der Waals surface area contributed by atoms with Gasteiger partial charge in [-0.2, -0.15) is 0 Å². The van der Waals surface area contributed by atoms with Gasteiger partial charge in [-0.15, -0.1) is 0 Å². The Kier molecular flexibility index (Phi) is 6.15. The molecule has 0 spiro atoms. The van der Waals surface area contributed by atoms with Crippen molar-refractivity contribution in [1.29, 1.82) is 0 Å². The fourth-order valence-corrected chi connectivity index (χ4v) is 3.14. The molecule has 0 aliphatic rings. The van der Waals surface area contributed by atoms with E-state index >= 15 is 0 Å². The lowest BCUT2D eigenvalue weighted by atomic mass is 10.1. The van der Waals surface area contributed by atoms with Gasteiger partial charge in [-0.3, -0.25) is 9.59 Å². The van der Waals surface area contributed by atoms with E-state index in [0.717, 1.165) is 21.3 Å². The monoisotopic (exact) mass is 388 g/mol. The maximum Gasteiger partial charge on any atom is 0.252 e. The van der Waals surface area contributed by atoms with Crippen LogP contribution in [0.5, 0.6) is 0 Å². The molecule has 0 saturated carbocycles. The van der Waals surface area contributed by atoms with Crippen molar-refractivity contribution in [2.45, 2.75) is 20.8 Å². The number of para-hydroxylation sites is 1. The van der Waals surface area contributed by atoms with Crippen LogP contribution < -0.4 is 10.2 Å². The van der Waals surface area contributed by atoms with Crippen LogP contribution in [-0.4, -0.2) is 24.9 Å². The molecule has 0 unspecified atom stereocenters. The van der Waals surface area contributed by atoms with E-state index in [4.69, 9.17) is 0 Å². The predicted molar refractivity (Wildman–Crippen MR) is 100 cm³/mol. The quantitative estimate of drug-likeness (QED) is 0.845. The van der Waals surface area contributed by atoms with Gasteiger partial charge in [0, 0.05) is 30.2 Å². The van der Waals surface area contributed by atoms with Crippen LogP contribution in [0.3, 0.4) is 0 Å². The minimum atomic E-state index is -0.160. The smallest absolute Gasteiger partial charge is 0.252 e. The van der Waals surface area contributed by atoms with E-state index in [-0.39, 0.29) is 11.8 Å². The number of carbonyl (C=O) groups excluding carboxylic acids is 2. The normalized spacial score (nSPS) is 10.3. The molecule has 0 aliphatic heterocycles. The summed E-state index contributed by atoms with van der Waals surface area (Å²) < 4.78 is 0.751. The van der Waals surface area contributed by atoms with Crippen molar-refractivity contribution in [1.82, 2.24) is 5.32 Å². The highest BCUT2D eigenvalue weighted by molar-refractivity contribution is 9.10. The van der Waals surface area contributed by atoms with Crippen LogP contribution >= 0.6 is 15.9 Å². The molecule has 0 aromatic heterocycles. The van der Waals surface area contributed by atoms with Crippen molar-refractivity contribution in [3.8, 4) is 0 Å². The Balaban J connectivity index is 2.07. The minimum absolute atomic E-state index is 0.0393. The Hall–Kier alpha value is -2.14. The van der Waals surface area contributed by atoms with Gasteiger partial charge in [0.15, 0.2) is 0 Å². The molecule has 0 heterocycles. The average Bonchev–Trinajstić information content (AvgIpc) is 2.53. The molecule has 2 amide bonds. The zero-order valence-corrected chi connectivity index (χ0v) is 15.7. The van der Waals surface area contributed by atoms with E-state index < -0.39 is 0 Å². The van der Waals surface area contributed by atoms with Crippen LogP contribution in [0.15, 0.2) is 46.9 Å². The molecule has 1 N–H and O–H groups in total. The van der Waals surface area contributed by atoms with Gasteiger partial charge in [0.25, 0.3) is 5.91 Å². The highest BCUT2D eigenvalue weighted by atomic mass is 79.9. The number of carbonyl (C=O) groups is 2. The lowest BCUT2D eigenvalue weighted by molar-refractivity contribution is -0.116. The Labute approximate surface area is 151 Å². The molecule has 126 valence electrons. The summed E-state index contributed by atoms with van der Waals surface area (Å²) >= 11 is 3.37. The Morgan fingerprint density at radius 2 is 1.67 bits per heavy atom. The summed E-state index contributed by atoms with van der Waals surface area (Å²) in [5.41, 5.74) is 3.59. The van der Waals surface area contributed by atoms with Gasteiger partial charge in [-0.1, -0.05) is 30.3 Å². The van der Waals surface area contributed by atoms with Crippen LogP contribution in [0.2, 0.25) is 0 Å². The van der Waals surface area contributed by atoms with Gasteiger partial charge in [0.05, 0.1) is 5.56 Å². The summed E-state index contributed by atoms with van der Waals surface area (Å²) in [5.74, 6) is -0.199. The molecule has 0 aliphatic carbocycles. The number of hydrogen-bond acceptors (Lipinski definition) is 2. The fraction of sp³-hybridized carbons (Fsp3) is 0.263. The van der Waals surface area contributed by atoms with Crippen molar-refractivity contribution < 1.29 is 9.59 Å². The van der Waals surface area contributed by atoms with Crippen molar-refractivity contribution in [3.05, 3.63) is 63.6 Å². The SMILES string of the molecule is CC(=O)N(CCNC(=O)c1ccccc1Br)c1c(C)cccc1C. The number of aryl methyl sites for hydroxylation is 2. The third-order valence-corrected chi connectivity index (χ3v) is 4.52. The van der Waals surface area contributed by atoms with E-state index in [1.165, 1.54) is 0 Å². The number of anilines is 1. The number of benzene rings is 2. The van der Waals surface area contributed by atoms with E-state index in [1.807, 2.05) is 50.2 Å². The second-order valence-corrected chi connectivity index (χ2v) is 6.50. The second-order valence-electron chi connectivity index (χ2n) is 5.65. The number of nitrogens with one attached hydrogen (secondary N) is 1. The lowest BCUT2D eigenvalue weighted by Crippen LogP contribution is -2.38. The summed E-state index contributed by atoms with van der Waals surface area (Å²) in [5, 5.41) is 2.87. The van der Waals surface area contributed by atoms with E-state index in [2.05, 4.69) is 21.2 Å². The van der Waals surface area contributed by atoms with Gasteiger partial charge in [0.1, 0.15) is 0 Å². The topological polar surface area (TPSA) is 49.4 Å². The summed E-state index contributed by atoms with van der Waals surface area (Å²) in [6.07, 6.45) is 0. The van der Waals surface area contributed by atoms with E-state index in [1.54, 1.807) is 17.9 Å². The zero-order chi connectivity index (χ0) is 17.7. The first kappa shape index (κ1) is 18.2. The number of halogens is 1. The molecular formula is C19H21BrN2O2. The third-order valence-electron chi connectivity index (χ3n) is 3.83. The Morgan fingerprint density at radius 3 is 2.25 bits per heavy atom. The first-order chi connectivity index (χ1) is 11.4. The standard InChI is InChI=1S/C19H21BrN2O2/c1-13-7-6-8-14(2)18(13)22(15(3)23)12-11-21-19(24)16-9-4-5-10-17(16)20/h4-10H,11-12H2,1-3H3,(H,21,24). The highest BCUT2D eigenvalue weighted by Gasteiger charge is 2.16. The Morgan fingerprint density at radius 1 is 1.04 bits per heavy atom. The number of hydrogen-bond donors (Lipinski definition) is 1. The minimum Gasteiger partial charge on any atom is -0.350 e. The van der Waals surface area contributed by atoms with E-state index in [9.17, 15) is 9.59 Å². The van der Waals surface area contributed by atoms with Crippen LogP contribution in [0.25, 0.3) is 0 Å². The van der Waals surface area contributed by atoms with Gasteiger partial charge in [-0.25, -0.2) is 0 Å². The molecule has 0 radical (unpaired) electrons. The number of rotatable bonds is 5. The summed E-state index contributed by atoms with van der Waals surface area (Å²) in [7, 11) is 0. The lowest BCUT2D eigenvalue weighted by Gasteiger charge is -2.25. The first-order valence-electron chi connectivity index (χ1n) is 7.79. The molecule has 0 fully saturated rings. The van der Waals surface area contributed by atoms with Crippen molar-refractivity contribution >= 4 is 33.4 Å². The molecule has 5 heteroatoms. The largest absolute Gasteiger partial charge is 0.350 e. The molecule has 0 bridgehead atoms. The van der Waals surface area contributed by atoms with Crippen molar-refractivity contribution in [2.24, 2.45) is 0 Å². The first-order valence-corrected chi connectivity index (χ1v) is 8.58. The molecule has 0 saturated heterocycles. The van der Waals surface area contributed by atoms with Gasteiger partial charge in [0.2, 0.25) is 5.91 Å². The molecule has 0 atom stereocenters. The molecule has 2 aromatic rings. The number of nitrogens with zero attached hydrogens (tertiary/aromatic N) is 1. The molecule has 4 nitrogen and oxygen atoms in total. The molecule has 2 aromatic carbocycles. The summed E-state index contributed by atoms with van der Waals surface area (Å²) in [4.78, 5) is 26.0. The van der Waals surface area contributed by atoms with Crippen molar-refractivity contribution in [3.63, 3.8) is 0 Å². The highest BCUT2D eigenvalue weighted by Crippen LogP contribution is 2.24. The molecule has 24 heavy (non-hydrogen) atoms. The summed E-state index contributed by atoms with van der Waals surface area (Å²) in [6.45, 7) is 6.32. The predicted octanol–water partition coefficient (Wildman–Crippen LogP) is 3.85. The van der Waals surface area contributed by atoms with Crippen LogP contribution in [0, 0.1) is 13.8 Å². The maximum atomic E-state index is 12.2. The average molecular weight is 389 g/mol. The zero-order valence-electron chi connectivity index (χ0n) is 14.1. The third kappa shape index (κ3) is 4.23. The second kappa shape index (κ2) is 8.11. The molecular weight excluding hydrogens is 368 g/mol. The molecule has 2 rings (SSSR count). The van der Waals surface area contributed by atoms with Crippen molar-refractivity contribution in [2.75, 3.05) is 18.0 Å². The fourth-order valence-electron chi connectivity index (χ4n) is 2.68. The summed E-state index contributed by atoms with van der Waals surface area (Å²) in [6, 6.07) is 13.2. The van der Waals surface area contributed by atoms with Crippen LogP contribution in [0.1, 0.15) is 28.4 Å². The van der Waals surface area contributed by atoms with Gasteiger partial charge < -0.3 is 10.2 Å². The van der Waals surface area contributed by atoms with Gasteiger partial charge in [-0.05, 0) is 53.0 Å². The van der Waals surface area contributed by atoms with Crippen LogP contribution in [-0.2, 0) is 4.79 Å². The van der Waals surface area contributed by atoms with Crippen LogP contribution in [0.4, 0.5) is 5.69 Å². The Bertz CT molecular complexity index is 739. The maximum absolute atomic E-state index is 12.2. The van der Waals surface area contributed by atoms with Gasteiger partial charge >= 0.3 is 0 Å². The van der Waals surface area contributed by atoms with E-state index in [0.29, 0.717) is 18.7 Å².